The van der Waals surface area contributed by atoms with Crippen LogP contribution in [-0.2, 0) is 10.1 Å². The molecule has 6 heteroatoms. The highest BCUT2D eigenvalue weighted by Gasteiger charge is 2.28. The summed E-state index contributed by atoms with van der Waals surface area (Å²) >= 11 is 1.12. The van der Waals surface area contributed by atoms with Crippen LogP contribution >= 0.6 is 11.8 Å². The standard InChI is InChI=1S/C3H6NO3S2/c5-9(6,7)3-4-1-2-8-3/h4H,1-2H2,(H,5,6,7). The Kier molecular flexibility index (Phi) is 2.00. The highest BCUT2D eigenvalue weighted by molar-refractivity contribution is 8.15. The van der Waals surface area contributed by atoms with Crippen molar-refractivity contribution in [3.8, 4) is 0 Å². The van der Waals surface area contributed by atoms with E-state index in [0.29, 0.717) is 12.3 Å². The van der Waals surface area contributed by atoms with Crippen LogP contribution in [0.3, 0.4) is 0 Å². The molecule has 2 N–H and O–H groups in total. The summed E-state index contributed by atoms with van der Waals surface area (Å²) in [6.07, 6.45) is 0. The van der Waals surface area contributed by atoms with Crippen molar-refractivity contribution in [2.75, 3.05) is 12.3 Å². The number of rotatable bonds is 1. The van der Waals surface area contributed by atoms with Crippen LogP contribution in [0.4, 0.5) is 0 Å². The number of hydrogen-bond donors (Lipinski definition) is 2. The van der Waals surface area contributed by atoms with Crippen molar-refractivity contribution < 1.29 is 13.0 Å². The van der Waals surface area contributed by atoms with Crippen LogP contribution in [0, 0.1) is 4.71 Å². The topological polar surface area (TPSA) is 66.4 Å². The zero-order valence-corrected chi connectivity index (χ0v) is 6.13. The van der Waals surface area contributed by atoms with Crippen molar-refractivity contribution in [2.45, 2.75) is 0 Å². The lowest BCUT2D eigenvalue weighted by Crippen LogP contribution is -2.20. The molecule has 1 aliphatic heterocycles. The van der Waals surface area contributed by atoms with Crippen LogP contribution in [-0.4, -0.2) is 25.3 Å². The molecule has 4 nitrogen and oxygen atoms in total. The van der Waals surface area contributed by atoms with Crippen molar-refractivity contribution in [3.05, 3.63) is 4.71 Å². The number of hydrogen-bond acceptors (Lipinski definition) is 4. The van der Waals surface area contributed by atoms with Gasteiger partial charge in [0, 0.05) is 12.3 Å². The molecule has 1 heterocycles. The molecule has 0 unspecified atom stereocenters. The average molecular weight is 168 g/mol. The molecule has 0 aliphatic carbocycles. The third kappa shape index (κ3) is 1.82. The lowest BCUT2D eigenvalue weighted by Gasteiger charge is -2.00. The number of thioether (sulfide) groups is 1. The van der Waals surface area contributed by atoms with Crippen LogP contribution in [0.25, 0.3) is 0 Å². The largest absolute Gasteiger partial charge is 0.298 e. The van der Waals surface area contributed by atoms with Gasteiger partial charge in [0.1, 0.15) is 0 Å². The maximum atomic E-state index is 10.3. The molecule has 1 aliphatic rings. The maximum absolute atomic E-state index is 10.3. The van der Waals surface area contributed by atoms with E-state index in [0.717, 1.165) is 11.8 Å². The normalized spacial score (nSPS) is 22.8. The Morgan fingerprint density at radius 3 is 2.56 bits per heavy atom. The van der Waals surface area contributed by atoms with E-state index in [2.05, 4.69) is 5.32 Å². The van der Waals surface area contributed by atoms with Crippen molar-refractivity contribution in [1.29, 1.82) is 0 Å². The maximum Gasteiger partial charge on any atom is 0.298 e. The second-order valence-corrected chi connectivity index (χ2v) is 4.26. The smallest absolute Gasteiger partial charge is 0.284 e. The molecular weight excluding hydrogens is 162 g/mol. The Balaban J connectivity index is 2.63. The summed E-state index contributed by atoms with van der Waals surface area (Å²) in [5.74, 6) is 0.703. The zero-order valence-electron chi connectivity index (χ0n) is 4.49. The second-order valence-electron chi connectivity index (χ2n) is 1.54. The van der Waals surface area contributed by atoms with Crippen LogP contribution < -0.4 is 5.32 Å². The quantitative estimate of drug-likeness (QED) is 0.524. The zero-order chi connectivity index (χ0) is 6.91. The molecule has 0 atom stereocenters. The van der Waals surface area contributed by atoms with Gasteiger partial charge in [-0.05, 0) is 0 Å². The third-order valence-electron chi connectivity index (χ3n) is 0.839. The van der Waals surface area contributed by atoms with E-state index in [-0.39, 0.29) is 4.71 Å². The van der Waals surface area contributed by atoms with Crippen LogP contribution in [0.15, 0.2) is 0 Å². The molecule has 0 spiro atoms. The lowest BCUT2D eigenvalue weighted by atomic mass is 10.8. The van der Waals surface area contributed by atoms with Gasteiger partial charge < -0.3 is 0 Å². The molecular formula is C3H6NO3S2. The molecule has 1 fully saturated rings. The van der Waals surface area contributed by atoms with Gasteiger partial charge in [-0.15, -0.1) is 11.8 Å². The minimum absolute atomic E-state index is 0.0255. The highest BCUT2D eigenvalue weighted by Crippen LogP contribution is 2.25. The average Bonchev–Trinajstić information content (AvgIpc) is 2.08. The van der Waals surface area contributed by atoms with Gasteiger partial charge in [0.2, 0.25) is 4.71 Å². The van der Waals surface area contributed by atoms with Crippen LogP contribution in [0.5, 0.6) is 0 Å². The van der Waals surface area contributed by atoms with Gasteiger partial charge in [0.25, 0.3) is 10.1 Å². The molecule has 1 rings (SSSR count). The van der Waals surface area contributed by atoms with E-state index in [4.69, 9.17) is 4.55 Å². The fraction of sp³-hybridized carbons (Fsp3) is 0.667. The summed E-state index contributed by atoms with van der Waals surface area (Å²) in [4.78, 5) is 0. The van der Waals surface area contributed by atoms with Gasteiger partial charge in [0.15, 0.2) is 0 Å². The molecule has 0 aromatic rings. The van der Waals surface area contributed by atoms with Gasteiger partial charge in [-0.3, -0.25) is 9.87 Å². The molecule has 0 amide bonds. The summed E-state index contributed by atoms with van der Waals surface area (Å²) < 4.78 is 28.9. The Morgan fingerprint density at radius 2 is 2.33 bits per heavy atom. The Labute approximate surface area is 57.8 Å². The van der Waals surface area contributed by atoms with E-state index in [1.54, 1.807) is 0 Å². The fourth-order valence-corrected chi connectivity index (χ4v) is 2.24. The molecule has 0 bridgehead atoms. The fourth-order valence-electron chi connectivity index (χ4n) is 0.514. The monoisotopic (exact) mass is 168 g/mol. The summed E-state index contributed by atoms with van der Waals surface area (Å²) in [5, 5.41) is 2.54. The molecule has 0 saturated carbocycles. The third-order valence-corrected chi connectivity index (χ3v) is 3.25. The highest BCUT2D eigenvalue weighted by atomic mass is 32.3. The minimum Gasteiger partial charge on any atom is -0.284 e. The first-order chi connectivity index (χ1) is 4.11. The van der Waals surface area contributed by atoms with Gasteiger partial charge in [-0.2, -0.15) is 8.42 Å². The predicted molar refractivity (Wildman–Crippen MR) is 35.3 cm³/mol. The molecule has 53 valence electrons. The summed E-state index contributed by atoms with van der Waals surface area (Å²) in [6, 6.07) is 0. The van der Waals surface area contributed by atoms with Crippen molar-refractivity contribution in [1.82, 2.24) is 5.32 Å². The van der Waals surface area contributed by atoms with E-state index in [1.807, 2.05) is 0 Å². The van der Waals surface area contributed by atoms with Crippen molar-refractivity contribution in [3.63, 3.8) is 0 Å². The Bertz CT molecular complexity index is 181. The summed E-state index contributed by atoms with van der Waals surface area (Å²) in [6.45, 7) is 0.611. The minimum atomic E-state index is -3.93. The summed E-state index contributed by atoms with van der Waals surface area (Å²) in [5.41, 5.74) is 0. The first kappa shape index (κ1) is 7.33. The first-order valence-corrected chi connectivity index (χ1v) is 4.74. The lowest BCUT2D eigenvalue weighted by molar-refractivity contribution is 0.485. The van der Waals surface area contributed by atoms with E-state index >= 15 is 0 Å². The Morgan fingerprint density at radius 1 is 1.67 bits per heavy atom. The van der Waals surface area contributed by atoms with Crippen molar-refractivity contribution in [2.24, 2.45) is 0 Å². The van der Waals surface area contributed by atoms with Gasteiger partial charge in [-0.25, -0.2) is 0 Å². The van der Waals surface area contributed by atoms with Gasteiger partial charge in [-0.1, -0.05) is 0 Å². The van der Waals surface area contributed by atoms with E-state index in [9.17, 15) is 8.42 Å². The first-order valence-electron chi connectivity index (χ1n) is 2.32. The van der Waals surface area contributed by atoms with Crippen molar-refractivity contribution >= 4 is 21.9 Å². The summed E-state index contributed by atoms with van der Waals surface area (Å²) in [7, 11) is -3.93. The molecule has 0 aromatic heterocycles. The number of nitrogens with one attached hydrogen (secondary N) is 1. The molecule has 1 saturated heterocycles. The van der Waals surface area contributed by atoms with Crippen LogP contribution in [0.2, 0.25) is 0 Å². The van der Waals surface area contributed by atoms with Gasteiger partial charge in [0.05, 0.1) is 0 Å². The predicted octanol–water partition coefficient (Wildman–Crippen LogP) is -0.342. The van der Waals surface area contributed by atoms with Gasteiger partial charge >= 0.3 is 0 Å². The van der Waals surface area contributed by atoms with Crippen LogP contribution in [0.1, 0.15) is 0 Å². The molecule has 1 radical (unpaired) electrons. The molecule has 9 heavy (non-hydrogen) atoms. The van der Waals surface area contributed by atoms with E-state index < -0.39 is 10.1 Å². The molecule has 0 aromatic carbocycles. The Hall–Kier alpha value is 0.220. The van der Waals surface area contributed by atoms with E-state index in [1.165, 1.54) is 0 Å². The second kappa shape index (κ2) is 2.45. The SMILES string of the molecule is O=S(=O)(O)[C]1NCCS1.